The molecule has 0 aliphatic carbocycles. The van der Waals surface area contributed by atoms with Gasteiger partial charge in [-0.05, 0) is 38.8 Å². The largest absolute Gasteiger partial charge is 0.481 e. The van der Waals surface area contributed by atoms with Gasteiger partial charge in [0.1, 0.15) is 0 Å². The van der Waals surface area contributed by atoms with Crippen LogP contribution in [0, 0.1) is 6.92 Å². The molecule has 1 rings (SSSR count). The lowest BCUT2D eigenvalue weighted by Gasteiger charge is -2.25. The average molecular weight is 279 g/mol. The lowest BCUT2D eigenvalue weighted by Crippen LogP contribution is -2.48. The number of rotatable bonds is 6. The summed E-state index contributed by atoms with van der Waals surface area (Å²) in [7, 11) is 0. The van der Waals surface area contributed by atoms with Gasteiger partial charge in [-0.1, -0.05) is 6.07 Å². The second-order valence-corrected chi connectivity index (χ2v) is 5.35. The molecule has 6 nitrogen and oxygen atoms in total. The minimum atomic E-state index is -0.871. The number of carboxylic acid groups (broad SMARTS) is 1. The topological polar surface area (TPSA) is 91.3 Å². The van der Waals surface area contributed by atoms with E-state index in [1.165, 1.54) is 0 Å². The first kappa shape index (κ1) is 15.9. The second kappa shape index (κ2) is 6.88. The number of carbonyl (C=O) groups excluding carboxylic acids is 1. The van der Waals surface area contributed by atoms with Gasteiger partial charge in [-0.25, -0.2) is 4.79 Å². The van der Waals surface area contributed by atoms with Crippen molar-refractivity contribution >= 4 is 12.0 Å². The van der Waals surface area contributed by atoms with Gasteiger partial charge in [-0.3, -0.25) is 9.78 Å². The minimum absolute atomic E-state index is 0.0205. The fourth-order valence-corrected chi connectivity index (χ4v) is 1.70. The molecule has 110 valence electrons. The summed E-state index contributed by atoms with van der Waals surface area (Å²) in [6.07, 6.45) is 2.07. The molecule has 0 aliphatic heterocycles. The van der Waals surface area contributed by atoms with Crippen molar-refractivity contribution in [1.82, 2.24) is 15.6 Å². The number of aliphatic carboxylic acids is 1. The number of amides is 2. The van der Waals surface area contributed by atoms with Gasteiger partial charge in [-0.2, -0.15) is 0 Å². The van der Waals surface area contributed by atoms with Gasteiger partial charge >= 0.3 is 12.0 Å². The van der Waals surface area contributed by atoms with Crippen LogP contribution in [0.1, 0.15) is 37.9 Å². The number of hydrogen-bond donors (Lipinski definition) is 3. The number of pyridine rings is 1. The molecular weight excluding hydrogens is 258 g/mol. The van der Waals surface area contributed by atoms with Gasteiger partial charge in [0.05, 0.1) is 12.2 Å². The molecule has 6 heteroatoms. The number of carbonyl (C=O) groups is 2. The van der Waals surface area contributed by atoms with Crippen molar-refractivity contribution in [2.45, 2.75) is 45.7 Å². The number of nitrogens with zero attached hydrogens (tertiary/aromatic N) is 1. The van der Waals surface area contributed by atoms with Gasteiger partial charge < -0.3 is 15.7 Å². The van der Waals surface area contributed by atoms with Crippen molar-refractivity contribution in [3.63, 3.8) is 0 Å². The smallest absolute Gasteiger partial charge is 0.315 e. The van der Waals surface area contributed by atoms with E-state index in [9.17, 15) is 9.59 Å². The molecule has 0 aromatic carbocycles. The summed E-state index contributed by atoms with van der Waals surface area (Å²) in [6, 6.07) is 3.44. The Morgan fingerprint density at radius 3 is 2.70 bits per heavy atom. The van der Waals surface area contributed by atoms with Gasteiger partial charge in [0, 0.05) is 18.2 Å². The monoisotopic (exact) mass is 279 g/mol. The Balaban J connectivity index is 2.43. The van der Waals surface area contributed by atoms with E-state index in [0.717, 1.165) is 11.3 Å². The van der Waals surface area contributed by atoms with Crippen molar-refractivity contribution in [1.29, 1.82) is 0 Å². The van der Waals surface area contributed by atoms with Crippen LogP contribution >= 0.6 is 0 Å². The van der Waals surface area contributed by atoms with E-state index in [0.29, 0.717) is 13.0 Å². The first-order valence-electron chi connectivity index (χ1n) is 6.48. The summed E-state index contributed by atoms with van der Waals surface area (Å²) in [5.41, 5.74) is 1.26. The van der Waals surface area contributed by atoms with Crippen LogP contribution in [0.5, 0.6) is 0 Å². The Morgan fingerprint density at radius 1 is 1.40 bits per heavy atom. The lowest BCUT2D eigenvalue weighted by atomic mass is 9.99. The number of aryl methyl sites for hydroxylation is 1. The highest BCUT2D eigenvalue weighted by molar-refractivity contribution is 5.74. The fraction of sp³-hybridized carbons (Fsp3) is 0.500. The summed E-state index contributed by atoms with van der Waals surface area (Å²) in [4.78, 5) is 26.5. The van der Waals surface area contributed by atoms with Crippen LogP contribution in [0.4, 0.5) is 4.79 Å². The molecule has 1 aromatic heterocycles. The third-order valence-electron chi connectivity index (χ3n) is 2.95. The zero-order valence-electron chi connectivity index (χ0n) is 12.1. The van der Waals surface area contributed by atoms with Crippen molar-refractivity contribution in [3.8, 4) is 0 Å². The van der Waals surface area contributed by atoms with Crippen LogP contribution in [0.3, 0.4) is 0 Å². The van der Waals surface area contributed by atoms with Crippen molar-refractivity contribution in [2.75, 3.05) is 0 Å². The zero-order chi connectivity index (χ0) is 15.2. The Bertz CT molecular complexity index is 486. The highest BCUT2D eigenvalue weighted by atomic mass is 16.4. The highest BCUT2D eigenvalue weighted by Gasteiger charge is 2.21. The fourth-order valence-electron chi connectivity index (χ4n) is 1.70. The Labute approximate surface area is 118 Å². The molecular formula is C14H21N3O3. The summed E-state index contributed by atoms with van der Waals surface area (Å²) in [5, 5.41) is 14.1. The molecule has 0 unspecified atom stereocenters. The highest BCUT2D eigenvalue weighted by Crippen LogP contribution is 2.11. The molecule has 3 N–H and O–H groups in total. The third kappa shape index (κ3) is 5.69. The number of aromatic nitrogens is 1. The van der Waals surface area contributed by atoms with E-state index in [2.05, 4.69) is 15.6 Å². The van der Waals surface area contributed by atoms with E-state index in [-0.39, 0.29) is 12.5 Å². The first-order valence-corrected chi connectivity index (χ1v) is 6.48. The van der Waals surface area contributed by atoms with Gasteiger partial charge in [0.15, 0.2) is 0 Å². The molecule has 0 saturated carbocycles. The maximum atomic E-state index is 11.8. The van der Waals surface area contributed by atoms with Gasteiger partial charge in [0.25, 0.3) is 0 Å². The van der Waals surface area contributed by atoms with Crippen LogP contribution in [-0.4, -0.2) is 27.6 Å². The van der Waals surface area contributed by atoms with Gasteiger partial charge in [-0.15, -0.1) is 0 Å². The van der Waals surface area contributed by atoms with E-state index in [1.54, 1.807) is 20.0 Å². The quantitative estimate of drug-likeness (QED) is 0.741. The molecule has 1 heterocycles. The molecule has 0 aliphatic rings. The molecule has 0 spiro atoms. The van der Waals surface area contributed by atoms with E-state index in [1.807, 2.05) is 19.1 Å². The van der Waals surface area contributed by atoms with Crippen LogP contribution in [-0.2, 0) is 11.3 Å². The van der Waals surface area contributed by atoms with Crippen LogP contribution < -0.4 is 10.6 Å². The Hall–Kier alpha value is -2.11. The van der Waals surface area contributed by atoms with Crippen molar-refractivity contribution < 1.29 is 14.7 Å². The number of carboxylic acids is 1. The minimum Gasteiger partial charge on any atom is -0.481 e. The zero-order valence-corrected chi connectivity index (χ0v) is 12.1. The summed E-state index contributed by atoms with van der Waals surface area (Å²) < 4.78 is 0. The molecule has 0 radical (unpaired) electrons. The SMILES string of the molecule is Cc1cccnc1CNC(=O)NC(C)(C)CCC(=O)O. The standard InChI is InChI=1S/C14H21N3O3/c1-10-5-4-8-15-11(10)9-16-13(20)17-14(2,3)7-6-12(18)19/h4-5,8H,6-7,9H2,1-3H3,(H,18,19)(H2,16,17,20). The Kier molecular flexibility index (Phi) is 5.49. The molecule has 20 heavy (non-hydrogen) atoms. The average Bonchev–Trinajstić information content (AvgIpc) is 2.35. The molecule has 0 bridgehead atoms. The lowest BCUT2D eigenvalue weighted by molar-refractivity contribution is -0.137. The number of hydrogen-bond acceptors (Lipinski definition) is 3. The van der Waals surface area contributed by atoms with E-state index < -0.39 is 11.5 Å². The maximum absolute atomic E-state index is 11.8. The van der Waals surface area contributed by atoms with Crippen molar-refractivity contribution in [3.05, 3.63) is 29.6 Å². The Morgan fingerprint density at radius 2 is 2.10 bits per heavy atom. The van der Waals surface area contributed by atoms with E-state index >= 15 is 0 Å². The normalized spacial score (nSPS) is 10.9. The third-order valence-corrected chi connectivity index (χ3v) is 2.95. The molecule has 2 amide bonds. The molecule has 0 fully saturated rings. The molecule has 1 aromatic rings. The number of urea groups is 1. The van der Waals surface area contributed by atoms with Crippen LogP contribution in [0.15, 0.2) is 18.3 Å². The molecule has 0 atom stereocenters. The predicted molar refractivity (Wildman–Crippen MR) is 75.3 cm³/mol. The summed E-state index contributed by atoms with van der Waals surface area (Å²) in [5.74, 6) is -0.871. The van der Waals surface area contributed by atoms with Crippen LogP contribution in [0.2, 0.25) is 0 Å². The van der Waals surface area contributed by atoms with Crippen LogP contribution in [0.25, 0.3) is 0 Å². The second-order valence-electron chi connectivity index (χ2n) is 5.35. The molecule has 0 saturated heterocycles. The van der Waals surface area contributed by atoms with E-state index in [4.69, 9.17) is 5.11 Å². The van der Waals surface area contributed by atoms with Crippen molar-refractivity contribution in [2.24, 2.45) is 0 Å². The maximum Gasteiger partial charge on any atom is 0.315 e. The predicted octanol–water partition coefficient (Wildman–Crippen LogP) is 1.83. The van der Waals surface area contributed by atoms with Gasteiger partial charge in [0.2, 0.25) is 0 Å². The first-order chi connectivity index (χ1) is 9.30. The summed E-state index contributed by atoms with van der Waals surface area (Å²) >= 11 is 0. The summed E-state index contributed by atoms with van der Waals surface area (Å²) in [6.45, 7) is 5.86. The number of nitrogens with one attached hydrogen (secondary N) is 2.